The fraction of sp³-hybridized carbons (Fsp3) is 0.231. The third kappa shape index (κ3) is 4.44. The first-order valence-electron chi connectivity index (χ1n) is 6.09. The molecule has 0 atom stereocenters. The lowest BCUT2D eigenvalue weighted by Gasteiger charge is -2.08. The van der Waals surface area contributed by atoms with Gasteiger partial charge in [0.2, 0.25) is 0 Å². The molecule has 0 fully saturated rings. The largest absolute Gasteiger partial charge is 0.494 e. The molecule has 0 saturated carbocycles. The highest BCUT2D eigenvalue weighted by Crippen LogP contribution is 2.09. The summed E-state index contributed by atoms with van der Waals surface area (Å²) in [5.41, 5.74) is 2.47. The van der Waals surface area contributed by atoms with Crippen LogP contribution < -0.4 is 21.3 Å². The van der Waals surface area contributed by atoms with Crippen molar-refractivity contribution in [2.75, 3.05) is 23.9 Å². The molecule has 0 amide bonds. The first-order chi connectivity index (χ1) is 9.38. The number of nitrogens with one attached hydrogen (secondary N) is 2. The van der Waals surface area contributed by atoms with Crippen LogP contribution in [0.4, 0.5) is 11.6 Å². The minimum Gasteiger partial charge on any atom is -0.494 e. The van der Waals surface area contributed by atoms with E-state index in [-0.39, 0.29) is 0 Å². The molecule has 2 rings (SSSR count). The fourth-order valence-corrected chi connectivity index (χ4v) is 1.53. The van der Waals surface area contributed by atoms with E-state index in [2.05, 4.69) is 20.7 Å². The molecule has 0 bridgehead atoms. The van der Waals surface area contributed by atoms with Gasteiger partial charge >= 0.3 is 0 Å². The molecule has 0 aliphatic rings. The van der Waals surface area contributed by atoms with E-state index in [1.807, 2.05) is 30.3 Å². The molecule has 0 unspecified atom stereocenters. The molecule has 0 radical (unpaired) electrons. The molecule has 1 heterocycles. The summed E-state index contributed by atoms with van der Waals surface area (Å²) in [6.07, 6.45) is 2.34. The Labute approximate surface area is 112 Å². The zero-order chi connectivity index (χ0) is 13.3. The van der Waals surface area contributed by atoms with Crippen molar-refractivity contribution in [1.29, 1.82) is 0 Å². The third-order valence-electron chi connectivity index (χ3n) is 2.45. The van der Waals surface area contributed by atoms with Crippen molar-refractivity contribution in [3.63, 3.8) is 0 Å². The number of anilines is 2. The number of para-hydroxylation sites is 1. The van der Waals surface area contributed by atoms with Crippen LogP contribution in [0.25, 0.3) is 0 Å². The van der Waals surface area contributed by atoms with Crippen LogP contribution in [0.3, 0.4) is 0 Å². The van der Waals surface area contributed by atoms with Crippen LogP contribution in [-0.2, 0) is 0 Å². The van der Waals surface area contributed by atoms with Gasteiger partial charge in [0, 0.05) is 12.6 Å². The number of nitrogens with two attached hydrogens (primary N) is 1. The molecule has 6 heteroatoms. The summed E-state index contributed by atoms with van der Waals surface area (Å²) in [7, 11) is 0. The maximum Gasteiger partial charge on any atom is 0.145 e. The third-order valence-corrected chi connectivity index (χ3v) is 2.45. The van der Waals surface area contributed by atoms with Crippen LogP contribution in [0.15, 0.2) is 42.7 Å². The molecule has 19 heavy (non-hydrogen) atoms. The van der Waals surface area contributed by atoms with Gasteiger partial charge in [0.15, 0.2) is 0 Å². The van der Waals surface area contributed by atoms with Gasteiger partial charge in [0.1, 0.15) is 23.7 Å². The molecule has 6 nitrogen and oxygen atoms in total. The van der Waals surface area contributed by atoms with Gasteiger partial charge in [-0.25, -0.2) is 15.8 Å². The van der Waals surface area contributed by atoms with E-state index >= 15 is 0 Å². The standard InChI is InChI=1S/C13H17N5O/c14-18-13-9-12(16-10-17-13)15-7-4-8-19-11-5-2-1-3-6-11/h1-3,5-6,9-10H,4,7-8,14H2,(H2,15,16,17,18). The molecule has 4 N–H and O–H groups in total. The van der Waals surface area contributed by atoms with Crippen LogP contribution in [0.1, 0.15) is 6.42 Å². The van der Waals surface area contributed by atoms with Crippen molar-refractivity contribution in [2.24, 2.45) is 5.84 Å². The summed E-state index contributed by atoms with van der Waals surface area (Å²) in [4.78, 5) is 8.01. The van der Waals surface area contributed by atoms with Crippen LogP contribution >= 0.6 is 0 Å². The highest BCUT2D eigenvalue weighted by atomic mass is 16.5. The molecule has 0 aliphatic heterocycles. The topological polar surface area (TPSA) is 85.1 Å². The number of aromatic nitrogens is 2. The molecule has 100 valence electrons. The van der Waals surface area contributed by atoms with Gasteiger partial charge in [-0.05, 0) is 18.6 Å². The summed E-state index contributed by atoms with van der Waals surface area (Å²) >= 11 is 0. The van der Waals surface area contributed by atoms with Crippen molar-refractivity contribution >= 4 is 11.6 Å². The molecule has 2 aromatic rings. The Morgan fingerprint density at radius 1 is 1.11 bits per heavy atom. The van der Waals surface area contributed by atoms with Crippen molar-refractivity contribution in [3.05, 3.63) is 42.7 Å². The Balaban J connectivity index is 1.66. The lowest BCUT2D eigenvalue weighted by molar-refractivity contribution is 0.315. The van der Waals surface area contributed by atoms with Gasteiger partial charge in [-0.3, -0.25) is 0 Å². The molecule has 1 aromatic heterocycles. The number of hydrazine groups is 1. The SMILES string of the molecule is NNc1cc(NCCCOc2ccccc2)ncn1. The van der Waals surface area contributed by atoms with E-state index in [1.165, 1.54) is 6.33 Å². The second-order valence-electron chi connectivity index (χ2n) is 3.87. The van der Waals surface area contributed by atoms with Crippen LogP contribution in [0, 0.1) is 0 Å². The quantitative estimate of drug-likeness (QED) is 0.398. The highest BCUT2D eigenvalue weighted by Gasteiger charge is 1.97. The van der Waals surface area contributed by atoms with Crippen molar-refractivity contribution in [2.45, 2.75) is 6.42 Å². The molecular weight excluding hydrogens is 242 g/mol. The van der Waals surface area contributed by atoms with Crippen molar-refractivity contribution in [1.82, 2.24) is 9.97 Å². The smallest absolute Gasteiger partial charge is 0.145 e. The number of hydrogen-bond acceptors (Lipinski definition) is 6. The lowest BCUT2D eigenvalue weighted by atomic mass is 10.3. The van der Waals surface area contributed by atoms with E-state index in [9.17, 15) is 0 Å². The minimum absolute atomic E-state index is 0.582. The number of nitrogens with zero attached hydrogens (tertiary/aromatic N) is 2. The van der Waals surface area contributed by atoms with Gasteiger partial charge in [0.25, 0.3) is 0 Å². The first-order valence-corrected chi connectivity index (χ1v) is 6.09. The second kappa shape index (κ2) is 7.17. The second-order valence-corrected chi connectivity index (χ2v) is 3.87. The van der Waals surface area contributed by atoms with Gasteiger partial charge in [-0.15, -0.1) is 0 Å². The van der Waals surface area contributed by atoms with Gasteiger partial charge < -0.3 is 15.5 Å². The number of benzene rings is 1. The molecule has 0 spiro atoms. The summed E-state index contributed by atoms with van der Waals surface area (Å²) in [5.74, 6) is 7.48. The van der Waals surface area contributed by atoms with Crippen LogP contribution in [-0.4, -0.2) is 23.1 Å². The summed E-state index contributed by atoms with van der Waals surface area (Å²) in [5, 5.41) is 3.18. The predicted molar refractivity (Wildman–Crippen MR) is 74.9 cm³/mol. The minimum atomic E-state index is 0.582. The Hall–Kier alpha value is -2.34. The summed E-state index contributed by atoms with van der Waals surface area (Å²) in [6, 6.07) is 11.5. The Morgan fingerprint density at radius 2 is 1.89 bits per heavy atom. The Kier molecular flexibility index (Phi) is 4.95. The fourth-order valence-electron chi connectivity index (χ4n) is 1.53. The number of nitrogen functional groups attached to an aromatic ring is 1. The molecule has 1 aromatic carbocycles. The Bertz CT molecular complexity index is 491. The lowest BCUT2D eigenvalue weighted by Crippen LogP contribution is -2.11. The number of rotatable bonds is 7. The first kappa shape index (κ1) is 13.1. The normalized spacial score (nSPS) is 9.95. The summed E-state index contributed by atoms with van der Waals surface area (Å²) < 4.78 is 5.58. The van der Waals surface area contributed by atoms with Crippen LogP contribution in [0.2, 0.25) is 0 Å². The number of hydrogen-bond donors (Lipinski definition) is 3. The molecule has 0 saturated heterocycles. The van der Waals surface area contributed by atoms with E-state index in [1.54, 1.807) is 6.07 Å². The van der Waals surface area contributed by atoms with Gasteiger partial charge in [0.05, 0.1) is 6.61 Å². The van der Waals surface area contributed by atoms with Crippen LogP contribution in [0.5, 0.6) is 5.75 Å². The van der Waals surface area contributed by atoms with Crippen molar-refractivity contribution < 1.29 is 4.74 Å². The van der Waals surface area contributed by atoms with E-state index < -0.39 is 0 Å². The zero-order valence-electron chi connectivity index (χ0n) is 10.5. The zero-order valence-corrected chi connectivity index (χ0v) is 10.5. The maximum absolute atomic E-state index is 5.58. The number of ether oxygens (including phenoxy) is 1. The van der Waals surface area contributed by atoms with Gasteiger partial charge in [-0.2, -0.15) is 0 Å². The molecule has 0 aliphatic carbocycles. The van der Waals surface area contributed by atoms with E-state index in [0.717, 1.165) is 24.5 Å². The Morgan fingerprint density at radius 3 is 2.68 bits per heavy atom. The van der Waals surface area contributed by atoms with E-state index in [4.69, 9.17) is 10.6 Å². The maximum atomic E-state index is 5.58. The van der Waals surface area contributed by atoms with Crippen molar-refractivity contribution in [3.8, 4) is 5.75 Å². The summed E-state index contributed by atoms with van der Waals surface area (Å²) in [6.45, 7) is 1.43. The monoisotopic (exact) mass is 259 g/mol. The molecular formula is C13H17N5O. The highest BCUT2D eigenvalue weighted by molar-refractivity contribution is 5.45. The predicted octanol–water partition coefficient (Wildman–Crippen LogP) is 1.64. The van der Waals surface area contributed by atoms with Gasteiger partial charge in [-0.1, -0.05) is 18.2 Å². The average Bonchev–Trinajstić information content (AvgIpc) is 2.48. The van der Waals surface area contributed by atoms with E-state index in [0.29, 0.717) is 12.4 Å². The average molecular weight is 259 g/mol.